The van der Waals surface area contributed by atoms with Crippen LogP contribution in [-0.4, -0.2) is 30.3 Å². The van der Waals surface area contributed by atoms with E-state index in [0.717, 1.165) is 43.4 Å². The quantitative estimate of drug-likeness (QED) is 0.518. The molecule has 0 aliphatic rings. The van der Waals surface area contributed by atoms with E-state index in [4.69, 9.17) is 9.47 Å². The molecule has 0 radical (unpaired) electrons. The molecule has 1 aromatic rings. The molecule has 1 atom stereocenters. The Morgan fingerprint density at radius 1 is 1.07 bits per heavy atom. The van der Waals surface area contributed by atoms with Gasteiger partial charge in [-0.2, -0.15) is 0 Å². The van der Waals surface area contributed by atoms with Crippen LogP contribution in [0.3, 0.4) is 0 Å². The number of aliphatic carboxylic acids is 1. The van der Waals surface area contributed by atoms with Gasteiger partial charge in [0, 0.05) is 0 Å². The van der Waals surface area contributed by atoms with E-state index < -0.39 is 23.7 Å². The minimum atomic E-state index is -1.34. The third-order valence-corrected chi connectivity index (χ3v) is 4.46. The lowest BCUT2D eigenvalue weighted by molar-refractivity contribution is -0.308. The fourth-order valence-corrected chi connectivity index (χ4v) is 2.77. The maximum atomic E-state index is 12.1. The van der Waals surface area contributed by atoms with E-state index in [1.807, 2.05) is 13.8 Å². The molecule has 6 nitrogen and oxygen atoms in total. The second-order valence-corrected chi connectivity index (χ2v) is 7.67. The Balaban J connectivity index is 2.57. The van der Waals surface area contributed by atoms with Crippen molar-refractivity contribution < 1.29 is 24.2 Å². The van der Waals surface area contributed by atoms with Crippen molar-refractivity contribution in [3.8, 4) is 5.75 Å². The average Bonchev–Trinajstić information content (AvgIpc) is 2.64. The van der Waals surface area contributed by atoms with E-state index in [2.05, 4.69) is 19.2 Å². The Morgan fingerprint density at radius 3 is 2.29 bits per heavy atom. The molecule has 1 aromatic carbocycles. The van der Waals surface area contributed by atoms with Gasteiger partial charge in [0.25, 0.3) is 0 Å². The Morgan fingerprint density at radius 2 is 1.71 bits per heavy atom. The van der Waals surface area contributed by atoms with E-state index >= 15 is 0 Å². The number of rotatable bonds is 13. The van der Waals surface area contributed by atoms with Gasteiger partial charge in [0.1, 0.15) is 11.4 Å². The summed E-state index contributed by atoms with van der Waals surface area (Å²) >= 11 is 0. The Kier molecular flexibility index (Phi) is 10.4. The van der Waals surface area contributed by atoms with Gasteiger partial charge < -0.3 is 24.7 Å². The first-order valence-corrected chi connectivity index (χ1v) is 10.2. The van der Waals surface area contributed by atoms with Crippen LogP contribution in [0.4, 0.5) is 4.79 Å². The first kappa shape index (κ1) is 23.8. The SMILES string of the molecule is CCCCCOc1ccc(C[C@H](NC(=O)OC(C)(C)CCCC)C(=O)[O-])cc1. The van der Waals surface area contributed by atoms with Crippen LogP contribution in [0.25, 0.3) is 0 Å². The number of benzene rings is 1. The molecular formula is C22H34NO5-. The number of ether oxygens (including phenoxy) is 2. The highest BCUT2D eigenvalue weighted by atomic mass is 16.6. The van der Waals surface area contributed by atoms with E-state index in [1.165, 1.54) is 0 Å². The lowest BCUT2D eigenvalue weighted by Gasteiger charge is -2.27. The molecule has 0 unspecified atom stereocenters. The molecule has 0 aliphatic heterocycles. The molecule has 0 bridgehead atoms. The number of carboxylic acids is 1. The average molecular weight is 393 g/mol. The molecule has 28 heavy (non-hydrogen) atoms. The van der Waals surface area contributed by atoms with Gasteiger partial charge in [-0.05, 0) is 57.2 Å². The van der Waals surface area contributed by atoms with Crippen molar-refractivity contribution >= 4 is 12.1 Å². The zero-order valence-corrected chi connectivity index (χ0v) is 17.6. The van der Waals surface area contributed by atoms with Gasteiger partial charge in [-0.15, -0.1) is 0 Å². The maximum Gasteiger partial charge on any atom is 0.408 e. The number of carbonyl (C=O) groups excluding carboxylic acids is 2. The first-order valence-electron chi connectivity index (χ1n) is 10.2. The van der Waals surface area contributed by atoms with Crippen molar-refractivity contribution in [1.82, 2.24) is 5.32 Å². The van der Waals surface area contributed by atoms with Gasteiger partial charge in [-0.25, -0.2) is 4.79 Å². The summed E-state index contributed by atoms with van der Waals surface area (Å²) in [6.45, 7) is 8.49. The van der Waals surface area contributed by atoms with Crippen molar-refractivity contribution in [2.45, 2.75) is 84.3 Å². The molecule has 0 spiro atoms. The molecule has 6 heteroatoms. The minimum absolute atomic E-state index is 0.114. The van der Waals surface area contributed by atoms with Crippen molar-refractivity contribution in [2.75, 3.05) is 6.61 Å². The molecule has 0 saturated carbocycles. The van der Waals surface area contributed by atoms with Crippen molar-refractivity contribution in [3.63, 3.8) is 0 Å². The summed E-state index contributed by atoms with van der Waals surface area (Å²) in [5.41, 5.74) is 0.119. The number of amides is 1. The number of carbonyl (C=O) groups is 2. The molecule has 0 aromatic heterocycles. The number of hydrogen-bond acceptors (Lipinski definition) is 5. The number of carboxylic acid groups (broad SMARTS) is 1. The highest BCUT2D eigenvalue weighted by molar-refractivity contribution is 5.79. The zero-order chi connectivity index (χ0) is 21.0. The van der Waals surface area contributed by atoms with Crippen LogP contribution in [0, 0.1) is 0 Å². The van der Waals surface area contributed by atoms with Crippen LogP contribution in [0.15, 0.2) is 24.3 Å². The standard InChI is InChI=1S/C22H35NO5/c1-5-7-9-15-27-18-12-10-17(11-13-18)16-19(20(24)25)23-21(26)28-22(3,4)14-8-6-2/h10-13,19H,5-9,14-16H2,1-4H3,(H,23,26)(H,24,25)/p-1/t19-/m0/s1. The van der Waals surface area contributed by atoms with Gasteiger partial charge in [0.05, 0.1) is 18.6 Å². The largest absolute Gasteiger partial charge is 0.548 e. The Bertz CT molecular complexity index is 597. The molecule has 0 aliphatic carbocycles. The summed E-state index contributed by atoms with van der Waals surface area (Å²) < 4.78 is 11.0. The molecule has 158 valence electrons. The molecule has 1 N–H and O–H groups in total. The molecule has 1 rings (SSSR count). The number of hydrogen-bond donors (Lipinski definition) is 1. The monoisotopic (exact) mass is 392 g/mol. The predicted octanol–water partition coefficient (Wildman–Crippen LogP) is 3.61. The van der Waals surface area contributed by atoms with Gasteiger partial charge in [0.15, 0.2) is 0 Å². The summed E-state index contributed by atoms with van der Waals surface area (Å²) in [6.07, 6.45) is 5.28. The van der Waals surface area contributed by atoms with Crippen LogP contribution < -0.4 is 15.2 Å². The van der Waals surface area contributed by atoms with Crippen LogP contribution in [0.2, 0.25) is 0 Å². The van der Waals surface area contributed by atoms with Crippen LogP contribution in [0.5, 0.6) is 5.75 Å². The van der Waals surface area contributed by atoms with E-state index in [0.29, 0.717) is 13.0 Å². The molecule has 1 amide bonds. The summed E-state index contributed by atoms with van der Waals surface area (Å²) in [6, 6.07) is 6.04. The fraction of sp³-hybridized carbons (Fsp3) is 0.636. The highest BCUT2D eigenvalue weighted by Gasteiger charge is 2.24. The minimum Gasteiger partial charge on any atom is -0.548 e. The highest BCUT2D eigenvalue weighted by Crippen LogP contribution is 2.18. The van der Waals surface area contributed by atoms with E-state index in [-0.39, 0.29) is 6.42 Å². The van der Waals surface area contributed by atoms with Crippen molar-refractivity contribution in [1.29, 1.82) is 0 Å². The van der Waals surface area contributed by atoms with Crippen LogP contribution in [-0.2, 0) is 16.0 Å². The number of alkyl carbamates (subject to hydrolysis) is 1. The third-order valence-electron chi connectivity index (χ3n) is 4.46. The number of nitrogens with one attached hydrogen (secondary N) is 1. The second-order valence-electron chi connectivity index (χ2n) is 7.67. The van der Waals surface area contributed by atoms with E-state index in [9.17, 15) is 14.7 Å². The van der Waals surface area contributed by atoms with E-state index in [1.54, 1.807) is 24.3 Å². The smallest absolute Gasteiger partial charge is 0.408 e. The first-order chi connectivity index (χ1) is 13.3. The molecular weight excluding hydrogens is 358 g/mol. The lowest BCUT2D eigenvalue weighted by atomic mass is 10.0. The summed E-state index contributed by atoms with van der Waals surface area (Å²) in [5.74, 6) is -0.599. The Hall–Kier alpha value is -2.24. The second kappa shape index (κ2) is 12.3. The third kappa shape index (κ3) is 9.62. The normalized spacial score (nSPS) is 12.3. The summed E-state index contributed by atoms with van der Waals surface area (Å²) in [7, 11) is 0. The van der Waals surface area contributed by atoms with Crippen molar-refractivity contribution in [2.24, 2.45) is 0 Å². The van der Waals surface area contributed by atoms with Gasteiger partial charge in [0.2, 0.25) is 0 Å². The number of unbranched alkanes of at least 4 members (excludes halogenated alkanes) is 3. The van der Waals surface area contributed by atoms with Crippen LogP contribution >= 0.6 is 0 Å². The van der Waals surface area contributed by atoms with Crippen LogP contribution in [0.1, 0.15) is 71.8 Å². The molecule has 0 heterocycles. The van der Waals surface area contributed by atoms with Gasteiger partial charge in [-0.1, -0.05) is 45.2 Å². The Labute approximate surface area is 168 Å². The fourth-order valence-electron chi connectivity index (χ4n) is 2.77. The van der Waals surface area contributed by atoms with Gasteiger partial charge >= 0.3 is 6.09 Å². The lowest BCUT2D eigenvalue weighted by Crippen LogP contribution is -2.50. The molecule has 0 fully saturated rings. The topological polar surface area (TPSA) is 87.7 Å². The summed E-state index contributed by atoms with van der Waals surface area (Å²) in [5, 5.41) is 13.8. The summed E-state index contributed by atoms with van der Waals surface area (Å²) in [4.78, 5) is 23.5. The van der Waals surface area contributed by atoms with Gasteiger partial charge in [-0.3, -0.25) is 0 Å². The predicted molar refractivity (Wildman–Crippen MR) is 107 cm³/mol. The zero-order valence-electron chi connectivity index (χ0n) is 17.6. The molecule has 0 saturated heterocycles. The van der Waals surface area contributed by atoms with Crippen molar-refractivity contribution in [3.05, 3.63) is 29.8 Å². The maximum absolute atomic E-state index is 12.1.